The second kappa shape index (κ2) is 9.62. The number of hydrogen-bond donors (Lipinski definition) is 2. The highest BCUT2D eigenvalue weighted by Gasteiger charge is 2.20. The Morgan fingerprint density at radius 1 is 1.04 bits per heavy atom. The van der Waals surface area contributed by atoms with Crippen molar-refractivity contribution in [2.24, 2.45) is 0 Å². The molecule has 3 amide bonds. The number of amides is 3. The lowest BCUT2D eigenvalue weighted by Crippen LogP contribution is -2.44. The van der Waals surface area contributed by atoms with Crippen LogP contribution in [0, 0.1) is 0 Å². The molecule has 0 aromatic heterocycles. The van der Waals surface area contributed by atoms with Crippen molar-refractivity contribution < 1.29 is 19.1 Å². The molecule has 0 aliphatic heterocycles. The molecule has 26 heavy (non-hydrogen) atoms. The summed E-state index contributed by atoms with van der Waals surface area (Å²) in [6, 6.07) is 15.5. The fourth-order valence-electron chi connectivity index (χ4n) is 2.05. The lowest BCUT2D eigenvalue weighted by molar-refractivity contribution is -0.127. The van der Waals surface area contributed by atoms with Crippen LogP contribution in [0.3, 0.4) is 0 Å². The Hall–Kier alpha value is -2.80. The standard InChI is InChI=1S/C19H20N2O4S/c1-13(25-18(23)15-8-10-16(26-2)11-9-15)17(22)21-19(24)20-12-14-6-4-3-5-7-14/h3-11,13H,12H2,1-2H3,(H2,20,21,22,24)/t13-/m1/s1. The van der Waals surface area contributed by atoms with Gasteiger partial charge in [-0.1, -0.05) is 30.3 Å². The van der Waals surface area contributed by atoms with Crippen molar-refractivity contribution in [3.8, 4) is 0 Å². The summed E-state index contributed by atoms with van der Waals surface area (Å²) in [7, 11) is 0. The van der Waals surface area contributed by atoms with E-state index in [1.54, 1.807) is 36.0 Å². The zero-order valence-electron chi connectivity index (χ0n) is 14.5. The minimum absolute atomic E-state index is 0.288. The highest BCUT2D eigenvalue weighted by atomic mass is 32.2. The summed E-state index contributed by atoms with van der Waals surface area (Å²) in [5, 5.41) is 4.72. The van der Waals surface area contributed by atoms with Crippen molar-refractivity contribution in [2.45, 2.75) is 24.5 Å². The number of thioether (sulfide) groups is 1. The molecule has 0 unspecified atom stereocenters. The second-order valence-corrected chi connectivity index (χ2v) is 6.31. The molecule has 0 saturated heterocycles. The first kappa shape index (κ1) is 19.5. The van der Waals surface area contributed by atoms with E-state index >= 15 is 0 Å². The number of carbonyl (C=O) groups is 3. The highest BCUT2D eigenvalue weighted by molar-refractivity contribution is 7.98. The van der Waals surface area contributed by atoms with Gasteiger partial charge in [-0.05, 0) is 43.0 Å². The van der Waals surface area contributed by atoms with Crippen LogP contribution in [0.5, 0.6) is 0 Å². The average molecular weight is 372 g/mol. The van der Waals surface area contributed by atoms with Crippen LogP contribution in [0.2, 0.25) is 0 Å². The molecule has 1 atom stereocenters. The molecule has 2 rings (SSSR count). The monoisotopic (exact) mass is 372 g/mol. The molecule has 2 aromatic carbocycles. The van der Waals surface area contributed by atoms with Crippen molar-refractivity contribution in [2.75, 3.05) is 6.26 Å². The van der Waals surface area contributed by atoms with Gasteiger partial charge in [0.15, 0.2) is 6.10 Å². The number of rotatable bonds is 6. The van der Waals surface area contributed by atoms with Crippen LogP contribution in [-0.4, -0.2) is 30.3 Å². The van der Waals surface area contributed by atoms with Crippen LogP contribution in [-0.2, 0) is 16.1 Å². The van der Waals surface area contributed by atoms with Crippen LogP contribution in [0.15, 0.2) is 59.5 Å². The third-order valence-electron chi connectivity index (χ3n) is 3.51. The SMILES string of the molecule is CSc1ccc(C(=O)O[C@H](C)C(=O)NC(=O)NCc2ccccc2)cc1. The number of hydrogen-bond acceptors (Lipinski definition) is 5. The van der Waals surface area contributed by atoms with Crippen LogP contribution in [0.25, 0.3) is 0 Å². The number of benzene rings is 2. The van der Waals surface area contributed by atoms with Gasteiger partial charge >= 0.3 is 12.0 Å². The van der Waals surface area contributed by atoms with Crippen LogP contribution < -0.4 is 10.6 Å². The minimum atomic E-state index is -1.09. The van der Waals surface area contributed by atoms with E-state index < -0.39 is 24.0 Å². The Balaban J connectivity index is 1.80. The van der Waals surface area contributed by atoms with Gasteiger partial charge in [-0.25, -0.2) is 9.59 Å². The van der Waals surface area contributed by atoms with Gasteiger partial charge in [0.05, 0.1) is 5.56 Å². The lowest BCUT2D eigenvalue weighted by Gasteiger charge is -2.13. The maximum atomic E-state index is 12.0. The fraction of sp³-hybridized carbons (Fsp3) is 0.211. The van der Waals surface area contributed by atoms with Crippen molar-refractivity contribution in [1.29, 1.82) is 0 Å². The molecule has 0 aliphatic carbocycles. The van der Waals surface area contributed by atoms with E-state index in [-0.39, 0.29) is 6.54 Å². The van der Waals surface area contributed by atoms with E-state index in [1.165, 1.54) is 6.92 Å². The van der Waals surface area contributed by atoms with Gasteiger partial charge in [-0.2, -0.15) is 0 Å². The molecule has 0 radical (unpaired) electrons. The van der Waals surface area contributed by atoms with E-state index in [0.29, 0.717) is 5.56 Å². The summed E-state index contributed by atoms with van der Waals surface area (Å²) in [5.74, 6) is -1.31. The topological polar surface area (TPSA) is 84.5 Å². The van der Waals surface area contributed by atoms with Crippen LogP contribution in [0.1, 0.15) is 22.8 Å². The summed E-state index contributed by atoms with van der Waals surface area (Å²) in [6.45, 7) is 1.70. The molecule has 136 valence electrons. The quantitative estimate of drug-likeness (QED) is 0.602. The van der Waals surface area contributed by atoms with Crippen molar-refractivity contribution in [3.63, 3.8) is 0 Å². The van der Waals surface area contributed by atoms with Gasteiger partial charge in [0.25, 0.3) is 5.91 Å². The number of esters is 1. The highest BCUT2D eigenvalue weighted by Crippen LogP contribution is 2.15. The van der Waals surface area contributed by atoms with E-state index in [4.69, 9.17) is 4.74 Å². The van der Waals surface area contributed by atoms with Crippen molar-refractivity contribution >= 4 is 29.7 Å². The van der Waals surface area contributed by atoms with E-state index in [1.807, 2.05) is 36.6 Å². The van der Waals surface area contributed by atoms with E-state index in [9.17, 15) is 14.4 Å². The zero-order valence-corrected chi connectivity index (χ0v) is 15.3. The van der Waals surface area contributed by atoms with E-state index in [0.717, 1.165) is 10.5 Å². The summed E-state index contributed by atoms with van der Waals surface area (Å²) in [6.07, 6.45) is 0.841. The maximum absolute atomic E-state index is 12.0. The number of urea groups is 1. The number of imide groups is 1. The van der Waals surface area contributed by atoms with Gasteiger partial charge in [0, 0.05) is 11.4 Å². The molecule has 2 aromatic rings. The smallest absolute Gasteiger partial charge is 0.338 e. The Morgan fingerprint density at radius 3 is 2.31 bits per heavy atom. The van der Waals surface area contributed by atoms with Gasteiger partial charge in [0.1, 0.15) is 0 Å². The summed E-state index contributed by atoms with van der Waals surface area (Å²) < 4.78 is 5.10. The molecular formula is C19H20N2O4S. The molecule has 0 spiro atoms. The summed E-state index contributed by atoms with van der Waals surface area (Å²) in [5.41, 5.74) is 1.25. The first-order valence-corrected chi connectivity index (χ1v) is 9.19. The molecule has 6 nitrogen and oxygen atoms in total. The summed E-state index contributed by atoms with van der Waals surface area (Å²) >= 11 is 1.56. The molecular weight excluding hydrogens is 352 g/mol. The molecule has 0 aliphatic rings. The largest absolute Gasteiger partial charge is 0.449 e. The Morgan fingerprint density at radius 2 is 1.69 bits per heavy atom. The maximum Gasteiger partial charge on any atom is 0.338 e. The molecule has 0 fully saturated rings. The predicted molar refractivity (Wildman–Crippen MR) is 99.9 cm³/mol. The molecule has 2 N–H and O–H groups in total. The van der Waals surface area contributed by atoms with Gasteiger partial charge < -0.3 is 10.1 Å². The van der Waals surface area contributed by atoms with Gasteiger partial charge in [0.2, 0.25) is 0 Å². The molecule has 0 saturated carbocycles. The lowest BCUT2D eigenvalue weighted by atomic mass is 10.2. The first-order valence-electron chi connectivity index (χ1n) is 7.97. The molecule has 0 bridgehead atoms. The van der Waals surface area contributed by atoms with E-state index in [2.05, 4.69) is 10.6 Å². The van der Waals surface area contributed by atoms with Crippen molar-refractivity contribution in [1.82, 2.24) is 10.6 Å². The van der Waals surface area contributed by atoms with Crippen LogP contribution in [0.4, 0.5) is 4.79 Å². The summed E-state index contributed by atoms with van der Waals surface area (Å²) in [4.78, 5) is 36.8. The third-order valence-corrected chi connectivity index (χ3v) is 4.25. The number of nitrogens with one attached hydrogen (secondary N) is 2. The normalized spacial score (nSPS) is 11.3. The van der Waals surface area contributed by atoms with Gasteiger partial charge in [-0.15, -0.1) is 11.8 Å². The minimum Gasteiger partial charge on any atom is -0.449 e. The van der Waals surface area contributed by atoms with Crippen molar-refractivity contribution in [3.05, 3.63) is 65.7 Å². The average Bonchev–Trinajstić information content (AvgIpc) is 2.67. The second-order valence-electron chi connectivity index (χ2n) is 5.43. The van der Waals surface area contributed by atoms with Gasteiger partial charge in [-0.3, -0.25) is 10.1 Å². The first-order chi connectivity index (χ1) is 12.5. The third kappa shape index (κ3) is 5.93. The predicted octanol–water partition coefficient (Wildman–Crippen LogP) is 2.98. The Labute approximate surface area is 156 Å². The Bertz CT molecular complexity index is 763. The molecule has 0 heterocycles. The zero-order chi connectivity index (χ0) is 18.9. The molecule has 7 heteroatoms. The number of ether oxygens (including phenoxy) is 1. The fourth-order valence-corrected chi connectivity index (χ4v) is 2.45. The van der Waals surface area contributed by atoms with Crippen LogP contribution >= 0.6 is 11.8 Å². The Kier molecular flexibility index (Phi) is 7.23. The number of carbonyl (C=O) groups excluding carboxylic acids is 3.